The molecule has 0 aliphatic carbocycles. The maximum absolute atomic E-state index is 13.3. The Morgan fingerprint density at radius 2 is 1.86 bits per heavy atom. The first-order chi connectivity index (χ1) is 13.8. The summed E-state index contributed by atoms with van der Waals surface area (Å²) >= 11 is 0. The van der Waals surface area contributed by atoms with Crippen molar-refractivity contribution in [2.24, 2.45) is 0 Å². The lowest BCUT2D eigenvalue weighted by Gasteiger charge is -2.10. The molecule has 0 saturated heterocycles. The number of benzene rings is 1. The highest BCUT2D eigenvalue weighted by Crippen LogP contribution is 2.35. The van der Waals surface area contributed by atoms with Gasteiger partial charge in [0.05, 0.1) is 24.7 Å². The molecule has 1 unspecified atom stereocenters. The van der Waals surface area contributed by atoms with E-state index >= 15 is 0 Å². The molecule has 0 aliphatic heterocycles. The molecular formula is C18H16F3N5O3. The highest BCUT2D eigenvalue weighted by atomic mass is 19.4. The number of halogens is 3. The van der Waals surface area contributed by atoms with Gasteiger partial charge in [0, 0.05) is 11.6 Å². The first kappa shape index (κ1) is 20.3. The number of carbonyl (C=O) groups excluding carboxylic acids is 1. The van der Waals surface area contributed by atoms with Gasteiger partial charge in [-0.1, -0.05) is 18.2 Å². The van der Waals surface area contributed by atoms with Gasteiger partial charge < -0.3 is 20.2 Å². The maximum Gasteiger partial charge on any atom is 0.452 e. The van der Waals surface area contributed by atoms with Gasteiger partial charge in [-0.3, -0.25) is 4.79 Å². The van der Waals surface area contributed by atoms with Crippen LogP contribution in [0.4, 0.5) is 24.8 Å². The van der Waals surface area contributed by atoms with Crippen LogP contribution in [0.5, 0.6) is 0 Å². The highest BCUT2D eigenvalue weighted by molar-refractivity contribution is 6.03. The molecule has 3 rings (SSSR count). The van der Waals surface area contributed by atoms with Crippen LogP contribution in [0.25, 0.3) is 11.5 Å². The number of hydrogen-bond donors (Lipinski definition) is 3. The second-order valence-electron chi connectivity index (χ2n) is 6.04. The second kappa shape index (κ2) is 8.27. The van der Waals surface area contributed by atoms with Crippen molar-refractivity contribution < 1.29 is 27.5 Å². The molecule has 8 nitrogen and oxygen atoms in total. The van der Waals surface area contributed by atoms with Gasteiger partial charge >= 0.3 is 6.18 Å². The number of hydrogen-bond acceptors (Lipinski definition) is 7. The molecule has 3 N–H and O–H groups in total. The number of nitrogens with zero attached hydrogens (tertiary/aromatic N) is 3. The van der Waals surface area contributed by atoms with E-state index < -0.39 is 23.5 Å². The average Bonchev–Trinajstić information content (AvgIpc) is 3.16. The number of anilines is 2. The Kier molecular flexibility index (Phi) is 5.78. The Morgan fingerprint density at radius 3 is 2.45 bits per heavy atom. The summed E-state index contributed by atoms with van der Waals surface area (Å²) in [5, 5.41) is 14.0. The van der Waals surface area contributed by atoms with Crippen LogP contribution in [0.15, 0.2) is 47.1 Å². The van der Waals surface area contributed by atoms with Gasteiger partial charge in [-0.25, -0.2) is 15.0 Å². The van der Waals surface area contributed by atoms with E-state index in [1.54, 1.807) is 25.1 Å². The summed E-state index contributed by atoms with van der Waals surface area (Å²) in [4.78, 5) is 24.0. The van der Waals surface area contributed by atoms with Gasteiger partial charge in [0.15, 0.2) is 5.69 Å². The van der Waals surface area contributed by atoms with Crippen molar-refractivity contribution in [2.45, 2.75) is 19.1 Å². The first-order valence-corrected chi connectivity index (χ1v) is 8.42. The van der Waals surface area contributed by atoms with E-state index in [1.165, 1.54) is 24.5 Å². The smallest absolute Gasteiger partial charge is 0.431 e. The monoisotopic (exact) mass is 407 g/mol. The number of carbonyl (C=O) groups is 1. The summed E-state index contributed by atoms with van der Waals surface area (Å²) in [7, 11) is 0. The fourth-order valence-electron chi connectivity index (χ4n) is 2.29. The topological polar surface area (TPSA) is 113 Å². The Bertz CT molecular complexity index is 975. The zero-order valence-corrected chi connectivity index (χ0v) is 15.1. The van der Waals surface area contributed by atoms with E-state index in [2.05, 4.69) is 25.6 Å². The molecule has 1 amide bonds. The normalized spacial score (nSPS) is 12.4. The van der Waals surface area contributed by atoms with Crippen molar-refractivity contribution in [1.82, 2.24) is 15.0 Å². The first-order valence-electron chi connectivity index (χ1n) is 8.42. The van der Waals surface area contributed by atoms with Crippen molar-refractivity contribution in [2.75, 3.05) is 17.2 Å². The summed E-state index contributed by atoms with van der Waals surface area (Å²) in [5.41, 5.74) is -0.532. The Labute approximate surface area is 162 Å². The third-order valence-corrected chi connectivity index (χ3v) is 3.68. The predicted molar refractivity (Wildman–Crippen MR) is 97.1 cm³/mol. The van der Waals surface area contributed by atoms with E-state index in [0.29, 0.717) is 5.56 Å². The van der Waals surface area contributed by atoms with Crippen molar-refractivity contribution in [3.05, 3.63) is 54.2 Å². The molecule has 1 atom stereocenters. The van der Waals surface area contributed by atoms with Crippen LogP contribution < -0.4 is 10.6 Å². The molecule has 2 heterocycles. The second-order valence-corrected chi connectivity index (χ2v) is 6.04. The molecule has 0 bridgehead atoms. The zero-order valence-electron chi connectivity index (χ0n) is 15.1. The number of oxazole rings is 1. The van der Waals surface area contributed by atoms with E-state index in [4.69, 9.17) is 9.52 Å². The summed E-state index contributed by atoms with van der Waals surface area (Å²) in [6, 6.07) is 7.64. The largest absolute Gasteiger partial charge is 0.452 e. The van der Waals surface area contributed by atoms with Crippen LogP contribution in [-0.2, 0) is 6.18 Å². The number of alkyl halides is 3. The fourth-order valence-corrected chi connectivity index (χ4v) is 2.29. The van der Waals surface area contributed by atoms with Gasteiger partial charge in [0.25, 0.3) is 5.91 Å². The molecule has 0 aliphatic rings. The van der Waals surface area contributed by atoms with E-state index in [0.717, 1.165) is 0 Å². The highest BCUT2D eigenvalue weighted by Gasteiger charge is 2.42. The van der Waals surface area contributed by atoms with Gasteiger partial charge in [0.2, 0.25) is 17.6 Å². The molecule has 11 heteroatoms. The Hall–Kier alpha value is -3.47. The van der Waals surface area contributed by atoms with E-state index in [-0.39, 0.29) is 30.2 Å². The molecule has 1 aromatic carbocycles. The molecule has 0 radical (unpaired) electrons. The Balaban J connectivity index is 1.84. The van der Waals surface area contributed by atoms with Crippen molar-refractivity contribution >= 4 is 17.5 Å². The third-order valence-electron chi connectivity index (χ3n) is 3.68. The quantitative estimate of drug-likeness (QED) is 0.575. The van der Waals surface area contributed by atoms with Crippen LogP contribution in [-0.4, -0.2) is 38.6 Å². The Morgan fingerprint density at radius 1 is 1.21 bits per heavy atom. The van der Waals surface area contributed by atoms with Crippen LogP contribution >= 0.6 is 0 Å². The minimum atomic E-state index is -4.91. The van der Waals surface area contributed by atoms with E-state index in [9.17, 15) is 18.0 Å². The number of aliphatic hydroxyl groups excluding tert-OH is 1. The number of aromatic nitrogens is 3. The van der Waals surface area contributed by atoms with Gasteiger partial charge in [0.1, 0.15) is 0 Å². The molecule has 0 fully saturated rings. The molecule has 0 saturated carbocycles. The molecule has 0 spiro atoms. The van der Waals surface area contributed by atoms with Crippen LogP contribution in [0, 0.1) is 0 Å². The molecule has 152 valence electrons. The summed E-state index contributed by atoms with van der Waals surface area (Å²) in [6.07, 6.45) is -2.48. The molecular weight excluding hydrogens is 391 g/mol. The third kappa shape index (κ3) is 4.88. The summed E-state index contributed by atoms with van der Waals surface area (Å²) in [6.45, 7) is 1.56. The molecule has 29 heavy (non-hydrogen) atoms. The maximum atomic E-state index is 13.3. The van der Waals surface area contributed by atoms with Gasteiger partial charge in [-0.05, 0) is 19.1 Å². The fraction of sp³-hybridized carbons (Fsp3) is 0.222. The zero-order chi connectivity index (χ0) is 21.0. The number of aliphatic hydroxyl groups is 1. The molecule has 3 aromatic rings. The molecule has 2 aromatic heterocycles. The lowest BCUT2D eigenvalue weighted by atomic mass is 10.2. The van der Waals surface area contributed by atoms with Gasteiger partial charge in [-0.2, -0.15) is 13.2 Å². The predicted octanol–water partition coefficient (Wildman–Crippen LogP) is 3.20. The van der Waals surface area contributed by atoms with Crippen molar-refractivity contribution in [3.8, 4) is 11.5 Å². The van der Waals surface area contributed by atoms with Crippen LogP contribution in [0.1, 0.15) is 23.2 Å². The van der Waals surface area contributed by atoms with E-state index in [1.807, 2.05) is 0 Å². The standard InChI is InChI=1S/C18H16F3N5O3/c1-10(9-27)24-17-22-7-12(8-23-17)25-15(28)13-14(18(19,20)21)29-16(26-13)11-5-3-2-4-6-11/h2-8,10,27H,9H2,1H3,(H,25,28)(H,22,23,24). The van der Waals surface area contributed by atoms with Crippen molar-refractivity contribution in [1.29, 1.82) is 0 Å². The minimum absolute atomic E-state index is 0.0644. The van der Waals surface area contributed by atoms with Gasteiger partial charge in [-0.15, -0.1) is 0 Å². The number of nitrogens with one attached hydrogen (secondary N) is 2. The number of rotatable bonds is 6. The van der Waals surface area contributed by atoms with Crippen LogP contribution in [0.3, 0.4) is 0 Å². The number of amides is 1. The average molecular weight is 407 g/mol. The summed E-state index contributed by atoms with van der Waals surface area (Å²) in [5.74, 6) is -2.74. The minimum Gasteiger partial charge on any atom is -0.431 e. The lowest BCUT2D eigenvalue weighted by Crippen LogP contribution is -2.21. The lowest BCUT2D eigenvalue weighted by molar-refractivity contribution is -0.153. The van der Waals surface area contributed by atoms with Crippen LogP contribution in [0.2, 0.25) is 0 Å². The SMILES string of the molecule is CC(CO)Nc1ncc(NC(=O)c2nc(-c3ccccc3)oc2C(F)(F)F)cn1. The van der Waals surface area contributed by atoms with Crippen molar-refractivity contribution in [3.63, 3.8) is 0 Å². The summed E-state index contributed by atoms with van der Waals surface area (Å²) < 4.78 is 44.8.